The fourth-order valence-electron chi connectivity index (χ4n) is 2.92. The van der Waals surface area contributed by atoms with E-state index in [0.29, 0.717) is 11.3 Å². The molecule has 4 aromatic rings. The number of ketones is 1. The molecule has 2 heterocycles. The van der Waals surface area contributed by atoms with Gasteiger partial charge >= 0.3 is 0 Å². The van der Waals surface area contributed by atoms with Crippen LogP contribution in [0, 0.1) is 10.1 Å². The number of anilines is 1. The minimum Gasteiger partial charge on any atom is -0.507 e. The Morgan fingerprint density at radius 2 is 1.93 bits per heavy atom. The van der Waals surface area contributed by atoms with Gasteiger partial charge in [0.25, 0.3) is 5.69 Å². The molecule has 2 aromatic carbocycles. The molecule has 2 N–H and O–H groups in total. The SMILES string of the molecule is CNc1ccc(-c2cc3ncc(C(=O)c4cc([N+](=O)[O-])ccc4O)cn3n2)cc1. The highest BCUT2D eigenvalue weighted by molar-refractivity contribution is 6.10. The smallest absolute Gasteiger partial charge is 0.270 e. The molecule has 0 amide bonds. The molecule has 4 rings (SSSR count). The fraction of sp³-hybridized carbons (Fsp3) is 0.0500. The maximum absolute atomic E-state index is 12.8. The molecule has 0 aliphatic heterocycles. The molecule has 0 fully saturated rings. The number of benzene rings is 2. The third kappa shape index (κ3) is 3.36. The van der Waals surface area contributed by atoms with Crippen LogP contribution in [0.5, 0.6) is 5.75 Å². The van der Waals surface area contributed by atoms with Crippen molar-refractivity contribution >= 4 is 22.8 Å². The third-order valence-electron chi connectivity index (χ3n) is 4.48. The second-order valence-electron chi connectivity index (χ2n) is 6.29. The summed E-state index contributed by atoms with van der Waals surface area (Å²) in [6.45, 7) is 0. The zero-order chi connectivity index (χ0) is 20.5. The lowest BCUT2D eigenvalue weighted by Gasteiger charge is -2.04. The molecule has 144 valence electrons. The summed E-state index contributed by atoms with van der Waals surface area (Å²) in [7, 11) is 1.83. The molecule has 29 heavy (non-hydrogen) atoms. The number of hydrogen-bond donors (Lipinski definition) is 2. The van der Waals surface area contributed by atoms with Crippen LogP contribution in [0.2, 0.25) is 0 Å². The quantitative estimate of drug-likeness (QED) is 0.305. The molecule has 0 spiro atoms. The molecular weight excluding hydrogens is 374 g/mol. The van der Waals surface area contributed by atoms with Gasteiger partial charge in [-0.3, -0.25) is 14.9 Å². The van der Waals surface area contributed by atoms with Crippen LogP contribution >= 0.6 is 0 Å². The minimum absolute atomic E-state index is 0.147. The molecule has 0 saturated carbocycles. The van der Waals surface area contributed by atoms with Crippen molar-refractivity contribution in [3.63, 3.8) is 0 Å². The number of carbonyl (C=O) groups is 1. The number of nitrogens with one attached hydrogen (secondary N) is 1. The Hall–Kier alpha value is -4.27. The van der Waals surface area contributed by atoms with Crippen molar-refractivity contribution in [3.8, 4) is 17.0 Å². The monoisotopic (exact) mass is 389 g/mol. The first-order valence-corrected chi connectivity index (χ1v) is 8.62. The van der Waals surface area contributed by atoms with Crippen LogP contribution in [0.1, 0.15) is 15.9 Å². The van der Waals surface area contributed by atoms with Crippen LogP contribution in [0.3, 0.4) is 0 Å². The second-order valence-corrected chi connectivity index (χ2v) is 6.29. The highest BCUT2D eigenvalue weighted by Crippen LogP contribution is 2.26. The van der Waals surface area contributed by atoms with Crippen molar-refractivity contribution in [3.05, 3.63) is 82.2 Å². The van der Waals surface area contributed by atoms with E-state index in [1.807, 2.05) is 31.3 Å². The number of nitro groups is 1. The van der Waals surface area contributed by atoms with Gasteiger partial charge in [0.2, 0.25) is 0 Å². The standard InChI is InChI=1S/C20H15N5O4/c1-21-14-4-2-12(3-5-14)17-9-19-22-10-13(11-24(19)23-17)20(27)16-8-15(25(28)29)6-7-18(16)26/h2-11,21,26H,1H3. The molecule has 0 saturated heterocycles. The number of rotatable bonds is 5. The summed E-state index contributed by atoms with van der Waals surface area (Å²) < 4.78 is 1.46. The van der Waals surface area contributed by atoms with Crippen LogP contribution in [0.4, 0.5) is 11.4 Å². The number of hydrogen-bond acceptors (Lipinski definition) is 7. The number of phenolic OH excluding ortho intramolecular Hbond substituents is 1. The summed E-state index contributed by atoms with van der Waals surface area (Å²) in [6, 6.07) is 12.8. The van der Waals surface area contributed by atoms with E-state index in [0.717, 1.165) is 29.4 Å². The highest BCUT2D eigenvalue weighted by Gasteiger charge is 2.19. The van der Waals surface area contributed by atoms with E-state index in [4.69, 9.17) is 0 Å². The number of fused-ring (bicyclic) bond motifs is 1. The lowest BCUT2D eigenvalue weighted by Crippen LogP contribution is -2.05. The van der Waals surface area contributed by atoms with Crippen molar-refractivity contribution in [1.29, 1.82) is 0 Å². The van der Waals surface area contributed by atoms with E-state index in [-0.39, 0.29) is 22.6 Å². The van der Waals surface area contributed by atoms with Gasteiger partial charge in [-0.1, -0.05) is 12.1 Å². The first-order valence-electron chi connectivity index (χ1n) is 8.62. The maximum atomic E-state index is 12.8. The highest BCUT2D eigenvalue weighted by atomic mass is 16.6. The zero-order valence-corrected chi connectivity index (χ0v) is 15.2. The van der Waals surface area contributed by atoms with E-state index in [1.54, 1.807) is 6.07 Å². The van der Waals surface area contributed by atoms with E-state index in [2.05, 4.69) is 15.4 Å². The molecule has 9 heteroatoms. The second kappa shape index (κ2) is 7.04. The van der Waals surface area contributed by atoms with Gasteiger partial charge in [-0.15, -0.1) is 0 Å². The fourth-order valence-corrected chi connectivity index (χ4v) is 2.92. The molecule has 9 nitrogen and oxygen atoms in total. The Bertz CT molecular complexity index is 1250. The number of non-ortho nitro benzene ring substituents is 1. The van der Waals surface area contributed by atoms with Crippen molar-refractivity contribution in [2.24, 2.45) is 0 Å². The Morgan fingerprint density at radius 3 is 2.62 bits per heavy atom. The van der Waals surface area contributed by atoms with Gasteiger partial charge in [0.1, 0.15) is 5.75 Å². The maximum Gasteiger partial charge on any atom is 0.270 e. The first-order chi connectivity index (χ1) is 14.0. The molecule has 0 radical (unpaired) electrons. The van der Waals surface area contributed by atoms with Crippen LogP contribution in [-0.4, -0.2) is 37.5 Å². The van der Waals surface area contributed by atoms with E-state index in [1.165, 1.54) is 16.9 Å². The van der Waals surface area contributed by atoms with Crippen molar-refractivity contribution in [2.75, 3.05) is 12.4 Å². The Kier molecular flexibility index (Phi) is 4.40. The summed E-state index contributed by atoms with van der Waals surface area (Å²) in [4.78, 5) is 27.3. The molecule has 0 aliphatic rings. The number of phenols is 1. The normalized spacial score (nSPS) is 10.8. The summed E-state index contributed by atoms with van der Waals surface area (Å²) in [5, 5.41) is 28.4. The number of aromatic hydroxyl groups is 1. The third-order valence-corrected chi connectivity index (χ3v) is 4.48. The van der Waals surface area contributed by atoms with Crippen molar-refractivity contribution in [2.45, 2.75) is 0 Å². The summed E-state index contributed by atoms with van der Waals surface area (Å²) >= 11 is 0. The predicted octanol–water partition coefficient (Wildman–Crippen LogP) is 3.28. The van der Waals surface area contributed by atoms with E-state index < -0.39 is 10.7 Å². The minimum atomic E-state index is -0.628. The predicted molar refractivity (Wildman–Crippen MR) is 106 cm³/mol. The molecule has 0 unspecified atom stereocenters. The molecule has 0 aliphatic carbocycles. The summed E-state index contributed by atoms with van der Waals surface area (Å²) in [5.41, 5.74) is 2.77. The van der Waals surface area contributed by atoms with Gasteiger partial charge in [-0.2, -0.15) is 5.10 Å². The number of carbonyl (C=O) groups excluding carboxylic acids is 1. The van der Waals surface area contributed by atoms with Gasteiger partial charge in [0, 0.05) is 48.9 Å². The molecule has 0 bridgehead atoms. The van der Waals surface area contributed by atoms with Crippen molar-refractivity contribution < 1.29 is 14.8 Å². The van der Waals surface area contributed by atoms with Gasteiger partial charge < -0.3 is 10.4 Å². The Labute approximate surface area is 164 Å². The molecule has 2 aromatic heterocycles. The lowest BCUT2D eigenvalue weighted by molar-refractivity contribution is -0.384. The number of aromatic nitrogens is 3. The average molecular weight is 389 g/mol. The largest absolute Gasteiger partial charge is 0.507 e. The van der Waals surface area contributed by atoms with Crippen LogP contribution in [0.15, 0.2) is 60.9 Å². The van der Waals surface area contributed by atoms with Gasteiger partial charge in [-0.25, -0.2) is 9.50 Å². The first kappa shape index (κ1) is 18.1. The lowest BCUT2D eigenvalue weighted by atomic mass is 10.0. The van der Waals surface area contributed by atoms with Gasteiger partial charge in [0.05, 0.1) is 21.7 Å². The van der Waals surface area contributed by atoms with Crippen LogP contribution in [-0.2, 0) is 0 Å². The van der Waals surface area contributed by atoms with Gasteiger partial charge in [0.15, 0.2) is 11.4 Å². The number of nitrogens with zero attached hydrogens (tertiary/aromatic N) is 4. The number of nitro benzene ring substituents is 1. The Morgan fingerprint density at radius 1 is 1.17 bits per heavy atom. The van der Waals surface area contributed by atoms with E-state index >= 15 is 0 Å². The topological polar surface area (TPSA) is 123 Å². The van der Waals surface area contributed by atoms with Gasteiger partial charge in [-0.05, 0) is 18.2 Å². The summed E-state index contributed by atoms with van der Waals surface area (Å²) in [6.07, 6.45) is 2.83. The molecular formula is C20H15N5O4. The summed E-state index contributed by atoms with van der Waals surface area (Å²) in [5.74, 6) is -0.928. The van der Waals surface area contributed by atoms with E-state index in [9.17, 15) is 20.0 Å². The zero-order valence-electron chi connectivity index (χ0n) is 15.2. The average Bonchev–Trinajstić information content (AvgIpc) is 3.17. The van der Waals surface area contributed by atoms with Crippen LogP contribution < -0.4 is 5.32 Å². The Balaban J connectivity index is 1.71. The molecule has 0 atom stereocenters. The van der Waals surface area contributed by atoms with Crippen LogP contribution in [0.25, 0.3) is 16.9 Å². The van der Waals surface area contributed by atoms with Crippen molar-refractivity contribution in [1.82, 2.24) is 14.6 Å².